The summed E-state index contributed by atoms with van der Waals surface area (Å²) < 4.78 is 5.53. The third-order valence-electron chi connectivity index (χ3n) is 2.98. The lowest BCUT2D eigenvalue weighted by Crippen LogP contribution is -2.40. The van der Waals surface area contributed by atoms with Crippen LogP contribution in [0.1, 0.15) is 26.7 Å². The summed E-state index contributed by atoms with van der Waals surface area (Å²) in [6.07, 6.45) is 1.88. The maximum atomic E-state index is 12.1. The van der Waals surface area contributed by atoms with Gasteiger partial charge in [-0.3, -0.25) is 4.79 Å². The van der Waals surface area contributed by atoms with E-state index >= 15 is 0 Å². The Morgan fingerprint density at radius 2 is 2.27 bits per heavy atom. The Balaban J connectivity index is 2.56. The van der Waals surface area contributed by atoms with Gasteiger partial charge in [-0.2, -0.15) is 0 Å². The van der Waals surface area contributed by atoms with Crippen molar-refractivity contribution in [2.45, 2.75) is 32.8 Å². The highest BCUT2D eigenvalue weighted by molar-refractivity contribution is 6.18. The zero-order valence-corrected chi connectivity index (χ0v) is 10.3. The van der Waals surface area contributed by atoms with Crippen molar-refractivity contribution >= 4 is 17.5 Å². The van der Waals surface area contributed by atoms with Gasteiger partial charge in [-0.05, 0) is 19.8 Å². The molecule has 0 aromatic heterocycles. The van der Waals surface area contributed by atoms with Gasteiger partial charge in [0.05, 0.1) is 12.0 Å². The van der Waals surface area contributed by atoms with Crippen LogP contribution in [0.5, 0.6) is 0 Å². The third-order valence-corrected chi connectivity index (χ3v) is 3.15. The van der Waals surface area contributed by atoms with Gasteiger partial charge in [0.2, 0.25) is 5.91 Å². The Bertz CT molecular complexity index is 211. The number of alkyl halides is 1. The van der Waals surface area contributed by atoms with Crippen molar-refractivity contribution in [1.82, 2.24) is 4.90 Å². The van der Waals surface area contributed by atoms with Crippen molar-refractivity contribution in [2.75, 3.05) is 25.6 Å². The molecular formula is C11H20ClNO2. The SMILES string of the molecule is CCC1OCCC1C(=O)N(CC)CCCl. The lowest BCUT2D eigenvalue weighted by atomic mass is 9.98. The smallest absolute Gasteiger partial charge is 0.228 e. The second-order valence-electron chi connectivity index (χ2n) is 3.82. The van der Waals surface area contributed by atoms with Crippen LogP contribution in [0.25, 0.3) is 0 Å². The molecule has 1 heterocycles. The summed E-state index contributed by atoms with van der Waals surface area (Å²) in [5.41, 5.74) is 0. The molecule has 0 aromatic rings. The average molecular weight is 234 g/mol. The summed E-state index contributed by atoms with van der Waals surface area (Å²) in [5, 5.41) is 0. The normalized spacial score (nSPS) is 25.5. The molecular weight excluding hydrogens is 214 g/mol. The molecule has 1 amide bonds. The van der Waals surface area contributed by atoms with Crippen LogP contribution >= 0.6 is 11.6 Å². The van der Waals surface area contributed by atoms with E-state index in [-0.39, 0.29) is 17.9 Å². The number of amides is 1. The van der Waals surface area contributed by atoms with Crippen LogP contribution in [0.2, 0.25) is 0 Å². The second-order valence-corrected chi connectivity index (χ2v) is 4.20. The van der Waals surface area contributed by atoms with Gasteiger partial charge in [0.1, 0.15) is 0 Å². The van der Waals surface area contributed by atoms with Crippen molar-refractivity contribution in [1.29, 1.82) is 0 Å². The summed E-state index contributed by atoms with van der Waals surface area (Å²) in [7, 11) is 0. The zero-order valence-electron chi connectivity index (χ0n) is 9.54. The zero-order chi connectivity index (χ0) is 11.3. The quantitative estimate of drug-likeness (QED) is 0.679. The molecule has 0 saturated carbocycles. The molecule has 0 aliphatic carbocycles. The summed E-state index contributed by atoms with van der Waals surface area (Å²) in [6.45, 7) is 6.14. The van der Waals surface area contributed by atoms with E-state index in [0.717, 1.165) is 19.4 Å². The number of halogens is 1. The second kappa shape index (κ2) is 6.33. The first-order valence-corrected chi connectivity index (χ1v) is 6.24. The van der Waals surface area contributed by atoms with Gasteiger partial charge in [0.15, 0.2) is 0 Å². The summed E-state index contributed by atoms with van der Waals surface area (Å²) in [6, 6.07) is 0. The highest BCUT2D eigenvalue weighted by atomic mass is 35.5. The molecule has 1 saturated heterocycles. The fourth-order valence-corrected chi connectivity index (χ4v) is 2.30. The first-order valence-electron chi connectivity index (χ1n) is 5.70. The summed E-state index contributed by atoms with van der Waals surface area (Å²) in [5.74, 6) is 0.768. The number of carbonyl (C=O) groups is 1. The van der Waals surface area contributed by atoms with E-state index in [4.69, 9.17) is 16.3 Å². The third kappa shape index (κ3) is 3.08. The van der Waals surface area contributed by atoms with Crippen LogP contribution in [0.4, 0.5) is 0 Å². The molecule has 2 unspecified atom stereocenters. The van der Waals surface area contributed by atoms with Crippen molar-refractivity contribution < 1.29 is 9.53 Å². The Morgan fingerprint density at radius 1 is 1.53 bits per heavy atom. The van der Waals surface area contributed by atoms with Crippen molar-refractivity contribution in [3.05, 3.63) is 0 Å². The lowest BCUT2D eigenvalue weighted by molar-refractivity contribution is -0.136. The molecule has 0 radical (unpaired) electrons. The molecule has 3 nitrogen and oxygen atoms in total. The van der Waals surface area contributed by atoms with Crippen molar-refractivity contribution in [2.24, 2.45) is 5.92 Å². The fraction of sp³-hybridized carbons (Fsp3) is 0.909. The minimum atomic E-state index is 0.0539. The first-order chi connectivity index (χ1) is 7.24. The summed E-state index contributed by atoms with van der Waals surface area (Å²) in [4.78, 5) is 14.0. The first kappa shape index (κ1) is 12.8. The van der Waals surface area contributed by atoms with Crippen LogP contribution < -0.4 is 0 Å². The van der Waals surface area contributed by atoms with E-state index in [0.29, 0.717) is 19.0 Å². The van der Waals surface area contributed by atoms with Gasteiger partial charge in [-0.25, -0.2) is 0 Å². The fourth-order valence-electron chi connectivity index (χ4n) is 2.09. The molecule has 1 rings (SSSR count). The molecule has 88 valence electrons. The Morgan fingerprint density at radius 3 is 2.80 bits per heavy atom. The van der Waals surface area contributed by atoms with Crippen LogP contribution in [-0.4, -0.2) is 42.5 Å². The van der Waals surface area contributed by atoms with E-state index in [1.807, 2.05) is 11.8 Å². The maximum Gasteiger partial charge on any atom is 0.228 e. The van der Waals surface area contributed by atoms with Crippen molar-refractivity contribution in [3.8, 4) is 0 Å². The predicted molar refractivity (Wildman–Crippen MR) is 61.1 cm³/mol. The highest BCUT2D eigenvalue weighted by Crippen LogP contribution is 2.25. The van der Waals surface area contributed by atoms with E-state index in [1.54, 1.807) is 0 Å². The van der Waals surface area contributed by atoms with E-state index < -0.39 is 0 Å². The van der Waals surface area contributed by atoms with Crippen molar-refractivity contribution in [3.63, 3.8) is 0 Å². The number of carbonyl (C=O) groups excluding carboxylic acids is 1. The number of nitrogens with zero attached hydrogens (tertiary/aromatic N) is 1. The standard InChI is InChI=1S/C11H20ClNO2/c1-3-10-9(5-8-15-10)11(14)13(4-2)7-6-12/h9-10H,3-8H2,1-2H3. The van der Waals surface area contributed by atoms with Gasteiger partial charge < -0.3 is 9.64 Å². The van der Waals surface area contributed by atoms with Crippen LogP contribution in [0, 0.1) is 5.92 Å². The largest absolute Gasteiger partial charge is 0.377 e. The molecule has 0 aromatic carbocycles. The van der Waals surface area contributed by atoms with Crippen LogP contribution in [0.3, 0.4) is 0 Å². The molecule has 15 heavy (non-hydrogen) atoms. The van der Waals surface area contributed by atoms with Gasteiger partial charge >= 0.3 is 0 Å². The minimum absolute atomic E-state index is 0.0539. The summed E-state index contributed by atoms with van der Waals surface area (Å²) >= 11 is 5.67. The minimum Gasteiger partial charge on any atom is -0.377 e. The highest BCUT2D eigenvalue weighted by Gasteiger charge is 2.34. The Kier molecular flexibility index (Phi) is 5.40. The average Bonchev–Trinajstić information content (AvgIpc) is 2.72. The molecule has 2 atom stereocenters. The number of rotatable bonds is 5. The van der Waals surface area contributed by atoms with Gasteiger partial charge in [0.25, 0.3) is 0 Å². The molecule has 0 N–H and O–H groups in total. The van der Waals surface area contributed by atoms with Gasteiger partial charge in [-0.15, -0.1) is 11.6 Å². The number of hydrogen-bond acceptors (Lipinski definition) is 2. The topological polar surface area (TPSA) is 29.5 Å². The predicted octanol–water partition coefficient (Wildman–Crippen LogP) is 1.89. The molecule has 1 aliphatic heterocycles. The number of hydrogen-bond donors (Lipinski definition) is 0. The number of ether oxygens (including phenoxy) is 1. The molecule has 1 aliphatic rings. The lowest BCUT2D eigenvalue weighted by Gasteiger charge is -2.25. The maximum absolute atomic E-state index is 12.1. The van der Waals surface area contributed by atoms with E-state index in [1.165, 1.54) is 0 Å². The van der Waals surface area contributed by atoms with E-state index in [9.17, 15) is 4.79 Å². The van der Waals surface area contributed by atoms with Gasteiger partial charge in [-0.1, -0.05) is 6.92 Å². The van der Waals surface area contributed by atoms with E-state index in [2.05, 4.69) is 6.92 Å². The van der Waals surface area contributed by atoms with Crippen LogP contribution in [0.15, 0.2) is 0 Å². The molecule has 1 fully saturated rings. The molecule has 0 spiro atoms. The monoisotopic (exact) mass is 233 g/mol. The Labute approximate surface area is 96.7 Å². The molecule has 0 bridgehead atoms. The van der Waals surface area contributed by atoms with Crippen LogP contribution in [-0.2, 0) is 9.53 Å². The Hall–Kier alpha value is -0.280. The molecule has 4 heteroatoms. The van der Waals surface area contributed by atoms with Gasteiger partial charge in [0, 0.05) is 25.6 Å².